The molecular formula is C21H19F3N6O2. The maximum Gasteiger partial charge on any atom is 0.435 e. The number of hydrogen-bond donors (Lipinski definition) is 2. The first-order chi connectivity index (χ1) is 15.1. The largest absolute Gasteiger partial charge is 0.435 e. The molecule has 0 bridgehead atoms. The first-order valence-electron chi connectivity index (χ1n) is 9.71. The van der Waals surface area contributed by atoms with Crippen molar-refractivity contribution in [1.29, 1.82) is 0 Å². The van der Waals surface area contributed by atoms with Crippen LogP contribution in [0.1, 0.15) is 27.2 Å². The smallest absolute Gasteiger partial charge is 0.350 e. The van der Waals surface area contributed by atoms with Crippen LogP contribution in [0.15, 0.2) is 47.5 Å². The van der Waals surface area contributed by atoms with Gasteiger partial charge >= 0.3 is 6.18 Å². The van der Waals surface area contributed by atoms with Crippen molar-refractivity contribution in [3.63, 3.8) is 0 Å². The Morgan fingerprint density at radius 1 is 1.12 bits per heavy atom. The van der Waals surface area contributed by atoms with Gasteiger partial charge in [-0.3, -0.25) is 14.3 Å². The van der Waals surface area contributed by atoms with E-state index in [0.717, 1.165) is 27.4 Å². The van der Waals surface area contributed by atoms with Crippen LogP contribution in [0.3, 0.4) is 0 Å². The van der Waals surface area contributed by atoms with Gasteiger partial charge in [0.2, 0.25) is 0 Å². The number of carbonyl (C=O) groups excluding carboxylic acids is 1. The molecule has 166 valence electrons. The van der Waals surface area contributed by atoms with Gasteiger partial charge in [0.05, 0.1) is 12.1 Å². The van der Waals surface area contributed by atoms with Gasteiger partial charge in [0.15, 0.2) is 11.5 Å². The number of nitrogens with one attached hydrogen (secondary N) is 2. The summed E-state index contributed by atoms with van der Waals surface area (Å²) in [6, 6.07) is 7.97. The zero-order valence-corrected chi connectivity index (χ0v) is 17.2. The van der Waals surface area contributed by atoms with E-state index >= 15 is 0 Å². The number of nitrogens with zero attached hydrogens (tertiary/aromatic N) is 4. The number of aromatic nitrogens is 5. The van der Waals surface area contributed by atoms with E-state index in [1.165, 1.54) is 23.0 Å². The minimum atomic E-state index is -4.52. The van der Waals surface area contributed by atoms with Gasteiger partial charge in [-0.2, -0.15) is 18.3 Å². The Morgan fingerprint density at radius 3 is 2.59 bits per heavy atom. The number of aryl methyl sites for hydroxylation is 2. The van der Waals surface area contributed by atoms with E-state index in [9.17, 15) is 22.8 Å². The summed E-state index contributed by atoms with van der Waals surface area (Å²) in [7, 11) is 0. The highest BCUT2D eigenvalue weighted by Crippen LogP contribution is 2.27. The molecule has 0 fully saturated rings. The molecule has 3 aromatic heterocycles. The van der Waals surface area contributed by atoms with Crippen LogP contribution in [0.4, 0.5) is 13.2 Å². The molecule has 0 unspecified atom stereocenters. The molecule has 0 saturated carbocycles. The maximum absolute atomic E-state index is 12.6. The predicted octanol–water partition coefficient (Wildman–Crippen LogP) is 2.95. The molecule has 8 nitrogen and oxygen atoms in total. The van der Waals surface area contributed by atoms with Gasteiger partial charge in [0, 0.05) is 24.5 Å². The molecule has 0 aliphatic carbocycles. The lowest BCUT2D eigenvalue weighted by atomic mass is 10.1. The fraction of sp³-hybridized carbons (Fsp3) is 0.238. The van der Waals surface area contributed by atoms with Crippen molar-refractivity contribution in [3.05, 3.63) is 75.5 Å². The Kier molecular flexibility index (Phi) is 5.33. The van der Waals surface area contributed by atoms with E-state index in [2.05, 4.69) is 20.5 Å². The van der Waals surface area contributed by atoms with Gasteiger partial charge < -0.3 is 10.3 Å². The van der Waals surface area contributed by atoms with Crippen LogP contribution >= 0.6 is 0 Å². The Morgan fingerprint density at radius 2 is 1.91 bits per heavy atom. The molecule has 0 saturated heterocycles. The van der Waals surface area contributed by atoms with Crippen LogP contribution < -0.4 is 10.9 Å². The second kappa shape index (κ2) is 7.98. The third-order valence-corrected chi connectivity index (χ3v) is 5.07. The van der Waals surface area contributed by atoms with Crippen molar-refractivity contribution in [2.75, 3.05) is 6.54 Å². The van der Waals surface area contributed by atoms with Crippen molar-refractivity contribution < 1.29 is 18.0 Å². The number of hydrogen-bond acceptors (Lipinski definition) is 4. The summed E-state index contributed by atoms with van der Waals surface area (Å²) in [5, 5.41) is 10.4. The highest BCUT2D eigenvalue weighted by atomic mass is 19.4. The molecule has 1 aromatic carbocycles. The average molecular weight is 444 g/mol. The Bertz CT molecular complexity index is 1370. The number of carbonyl (C=O) groups is 1. The summed E-state index contributed by atoms with van der Waals surface area (Å²) < 4.78 is 40.2. The summed E-state index contributed by atoms with van der Waals surface area (Å²) >= 11 is 0. The number of rotatable bonds is 5. The average Bonchev–Trinajstić information content (AvgIpc) is 3.37. The van der Waals surface area contributed by atoms with Crippen molar-refractivity contribution >= 4 is 11.4 Å². The number of H-pyrrole nitrogens is 1. The molecule has 4 rings (SSSR count). The Balaban J connectivity index is 1.49. The van der Waals surface area contributed by atoms with Crippen molar-refractivity contribution in [3.8, 4) is 11.4 Å². The fourth-order valence-corrected chi connectivity index (χ4v) is 3.17. The first kappa shape index (κ1) is 21.3. The topological polar surface area (TPSA) is 97.1 Å². The maximum atomic E-state index is 12.6. The lowest BCUT2D eigenvalue weighted by Crippen LogP contribution is -2.27. The van der Waals surface area contributed by atoms with E-state index in [1.54, 1.807) is 0 Å². The summed E-state index contributed by atoms with van der Waals surface area (Å²) in [6.45, 7) is 4.06. The van der Waals surface area contributed by atoms with Crippen molar-refractivity contribution in [2.45, 2.75) is 26.6 Å². The molecule has 0 atom stereocenters. The van der Waals surface area contributed by atoms with Gasteiger partial charge in [-0.25, -0.2) is 4.52 Å². The molecular weight excluding hydrogens is 425 g/mol. The Labute approximate surface area is 179 Å². The summed E-state index contributed by atoms with van der Waals surface area (Å²) in [6.07, 6.45) is -1.89. The minimum Gasteiger partial charge on any atom is -0.350 e. The Hall–Kier alpha value is -3.89. The fourth-order valence-electron chi connectivity index (χ4n) is 3.17. The predicted molar refractivity (Wildman–Crippen MR) is 110 cm³/mol. The van der Waals surface area contributed by atoms with Gasteiger partial charge in [-0.05, 0) is 43.2 Å². The number of amides is 1. The summed E-state index contributed by atoms with van der Waals surface area (Å²) in [5.41, 5.74) is 1.92. The molecule has 0 aliphatic heterocycles. The van der Waals surface area contributed by atoms with E-state index in [0.29, 0.717) is 5.82 Å². The quantitative estimate of drug-likeness (QED) is 0.495. The first-order valence-corrected chi connectivity index (χ1v) is 9.71. The van der Waals surface area contributed by atoms with Gasteiger partial charge in [0.1, 0.15) is 5.52 Å². The van der Waals surface area contributed by atoms with Crippen LogP contribution in [0.5, 0.6) is 0 Å². The van der Waals surface area contributed by atoms with Gasteiger partial charge in [0.25, 0.3) is 11.5 Å². The van der Waals surface area contributed by atoms with Crippen molar-refractivity contribution in [2.24, 2.45) is 0 Å². The van der Waals surface area contributed by atoms with E-state index in [1.807, 2.05) is 32.0 Å². The summed E-state index contributed by atoms with van der Waals surface area (Å²) in [5.74, 6) is -0.113. The molecule has 0 radical (unpaired) electrons. The van der Waals surface area contributed by atoms with Gasteiger partial charge in [-0.1, -0.05) is 12.1 Å². The molecule has 3 heterocycles. The standard InChI is InChI=1S/C21H19F3N6O2/c1-12-3-4-14(9-13(12)2)18-26-20(32)16-10-15(11-30(16)28-18)19(31)25-6-8-29-7-5-17(27-29)21(22,23)24/h3-5,7,9-11H,6,8H2,1-2H3,(H,25,31)(H,26,28,32). The third-order valence-electron chi connectivity index (χ3n) is 5.07. The van der Waals surface area contributed by atoms with Crippen LogP contribution in [-0.2, 0) is 12.7 Å². The molecule has 0 spiro atoms. The highest BCUT2D eigenvalue weighted by molar-refractivity contribution is 5.95. The third kappa shape index (κ3) is 4.27. The zero-order valence-electron chi connectivity index (χ0n) is 17.2. The molecule has 32 heavy (non-hydrogen) atoms. The zero-order chi connectivity index (χ0) is 23.0. The van der Waals surface area contributed by atoms with Crippen LogP contribution in [-0.4, -0.2) is 36.8 Å². The number of benzene rings is 1. The van der Waals surface area contributed by atoms with Crippen molar-refractivity contribution in [1.82, 2.24) is 29.7 Å². The lowest BCUT2D eigenvalue weighted by Gasteiger charge is -2.05. The lowest BCUT2D eigenvalue weighted by molar-refractivity contribution is -0.141. The van der Waals surface area contributed by atoms with E-state index < -0.39 is 23.3 Å². The normalized spacial score (nSPS) is 11.8. The second-order valence-corrected chi connectivity index (χ2v) is 7.38. The van der Waals surface area contributed by atoms with E-state index in [4.69, 9.17) is 0 Å². The van der Waals surface area contributed by atoms with Crippen LogP contribution in [0.25, 0.3) is 16.9 Å². The second-order valence-electron chi connectivity index (χ2n) is 7.38. The molecule has 4 aromatic rings. The number of halogens is 3. The van der Waals surface area contributed by atoms with Crippen LogP contribution in [0, 0.1) is 13.8 Å². The monoisotopic (exact) mass is 444 g/mol. The summed E-state index contributed by atoms with van der Waals surface area (Å²) in [4.78, 5) is 27.7. The number of aromatic amines is 1. The molecule has 2 N–H and O–H groups in total. The van der Waals surface area contributed by atoms with E-state index in [-0.39, 0.29) is 24.2 Å². The molecule has 0 aliphatic rings. The number of alkyl halides is 3. The van der Waals surface area contributed by atoms with Crippen LogP contribution in [0.2, 0.25) is 0 Å². The molecule has 1 amide bonds. The highest BCUT2D eigenvalue weighted by Gasteiger charge is 2.33. The minimum absolute atomic E-state index is 0.0572. The SMILES string of the molecule is Cc1ccc(-c2nn3cc(C(=O)NCCn4ccc(C(F)(F)F)n4)cc3c(=O)[nH]2)cc1C. The molecule has 11 heteroatoms. The number of fused-ring (bicyclic) bond motifs is 1. The van der Waals surface area contributed by atoms with Gasteiger partial charge in [-0.15, -0.1) is 5.10 Å².